The van der Waals surface area contributed by atoms with Crippen molar-refractivity contribution in [3.05, 3.63) is 107 Å². The van der Waals surface area contributed by atoms with Gasteiger partial charge in [-0.25, -0.2) is 4.98 Å². The van der Waals surface area contributed by atoms with Gasteiger partial charge in [0.2, 0.25) is 5.91 Å². The van der Waals surface area contributed by atoms with Gasteiger partial charge in [0, 0.05) is 35.7 Å². The summed E-state index contributed by atoms with van der Waals surface area (Å²) in [6.07, 6.45) is 3.91. The Morgan fingerprint density at radius 3 is 2.14 bits per heavy atom. The van der Waals surface area contributed by atoms with Crippen LogP contribution < -0.4 is 5.32 Å². The summed E-state index contributed by atoms with van der Waals surface area (Å²) in [7, 11) is 0. The zero-order valence-corrected chi connectivity index (χ0v) is 16.7. The molecule has 0 saturated carbocycles. The largest absolute Gasteiger partial charge is 0.350 e. The van der Waals surface area contributed by atoms with E-state index in [-0.39, 0.29) is 11.8 Å². The number of hydrogen-bond acceptors (Lipinski definition) is 4. The molecule has 1 amide bonds. The molecule has 2 heterocycles. The van der Waals surface area contributed by atoms with Crippen molar-refractivity contribution in [1.82, 2.24) is 15.3 Å². The predicted molar refractivity (Wildman–Crippen MR) is 117 cm³/mol. The van der Waals surface area contributed by atoms with E-state index >= 15 is 0 Å². The Morgan fingerprint density at radius 1 is 0.897 bits per heavy atom. The first-order chi connectivity index (χ1) is 14.3. The maximum atomic E-state index is 12.7. The summed E-state index contributed by atoms with van der Waals surface area (Å²) in [6.45, 7) is 0.435. The molecule has 1 N–H and O–H groups in total. The lowest BCUT2D eigenvalue weighted by Crippen LogP contribution is -2.25. The Hall–Kier alpha value is -3.31. The van der Waals surface area contributed by atoms with Crippen molar-refractivity contribution < 1.29 is 4.79 Å². The highest BCUT2D eigenvalue weighted by atomic mass is 32.1. The number of carbonyl (C=O) groups excluding carboxylic acids is 1. The van der Waals surface area contributed by atoms with Crippen molar-refractivity contribution in [3.8, 4) is 11.3 Å². The molecule has 4 nitrogen and oxygen atoms in total. The van der Waals surface area contributed by atoms with Crippen LogP contribution >= 0.6 is 11.3 Å². The second-order valence-electron chi connectivity index (χ2n) is 6.72. The number of pyridine rings is 1. The molecule has 144 valence electrons. The fourth-order valence-corrected chi connectivity index (χ4v) is 4.02. The van der Waals surface area contributed by atoms with Crippen LogP contribution in [-0.4, -0.2) is 15.9 Å². The lowest BCUT2D eigenvalue weighted by atomic mass is 9.88. The molecule has 0 radical (unpaired) electrons. The Kier molecular flexibility index (Phi) is 6.07. The highest BCUT2D eigenvalue weighted by molar-refractivity contribution is 7.09. The van der Waals surface area contributed by atoms with E-state index in [0.717, 1.165) is 27.4 Å². The van der Waals surface area contributed by atoms with E-state index in [1.165, 1.54) is 0 Å². The van der Waals surface area contributed by atoms with E-state index in [4.69, 9.17) is 0 Å². The molecule has 0 aliphatic rings. The molecule has 0 bridgehead atoms. The molecule has 0 saturated heterocycles. The van der Waals surface area contributed by atoms with Crippen molar-refractivity contribution in [2.45, 2.75) is 18.9 Å². The molecular weight excluding hydrogens is 378 g/mol. The smallest absolute Gasteiger partial charge is 0.221 e. The van der Waals surface area contributed by atoms with Gasteiger partial charge in [0.05, 0.1) is 12.2 Å². The number of nitrogens with one attached hydrogen (secondary N) is 1. The number of benzene rings is 2. The van der Waals surface area contributed by atoms with Crippen molar-refractivity contribution >= 4 is 17.2 Å². The summed E-state index contributed by atoms with van der Waals surface area (Å²) in [4.78, 5) is 21.4. The molecule has 2 aromatic heterocycles. The minimum atomic E-state index is 0.0170. The maximum absolute atomic E-state index is 12.7. The van der Waals surface area contributed by atoms with Gasteiger partial charge in [-0.1, -0.05) is 60.7 Å². The van der Waals surface area contributed by atoms with Crippen LogP contribution in [-0.2, 0) is 11.3 Å². The van der Waals surface area contributed by atoms with Gasteiger partial charge in [0.1, 0.15) is 5.01 Å². The number of rotatable bonds is 7. The molecule has 0 aliphatic heterocycles. The van der Waals surface area contributed by atoms with Crippen LogP contribution in [0.1, 0.15) is 28.5 Å². The lowest BCUT2D eigenvalue weighted by molar-refractivity contribution is -0.121. The Labute approximate surface area is 174 Å². The maximum Gasteiger partial charge on any atom is 0.221 e. The molecular formula is C24H21N3OS. The third-order valence-corrected chi connectivity index (χ3v) is 5.61. The molecule has 29 heavy (non-hydrogen) atoms. The zero-order valence-electron chi connectivity index (χ0n) is 15.9. The standard InChI is InChI=1S/C24H21N3OS/c28-23(26-16-24-27-22(17-29-24)20-11-13-25-14-12-20)15-21(18-7-3-1-4-8-18)19-9-5-2-6-10-19/h1-14,17,21H,15-16H2,(H,26,28). The third-order valence-electron chi connectivity index (χ3n) is 4.76. The Morgan fingerprint density at radius 2 is 1.52 bits per heavy atom. The summed E-state index contributed by atoms with van der Waals surface area (Å²) >= 11 is 1.55. The molecule has 0 fully saturated rings. The molecule has 5 heteroatoms. The van der Waals surface area contributed by atoms with Crippen LogP contribution in [0, 0.1) is 0 Å². The number of nitrogens with zero attached hydrogens (tertiary/aromatic N) is 2. The number of aromatic nitrogens is 2. The minimum absolute atomic E-state index is 0.0170. The second kappa shape index (κ2) is 9.26. The molecule has 4 rings (SSSR count). The Balaban J connectivity index is 1.42. The van der Waals surface area contributed by atoms with Crippen molar-refractivity contribution in [1.29, 1.82) is 0 Å². The third kappa shape index (κ3) is 4.95. The lowest BCUT2D eigenvalue weighted by Gasteiger charge is -2.17. The SMILES string of the molecule is O=C(CC(c1ccccc1)c1ccccc1)NCc1nc(-c2ccncc2)cs1. The van der Waals surface area contributed by atoms with E-state index < -0.39 is 0 Å². The second-order valence-corrected chi connectivity index (χ2v) is 7.66. The number of carbonyl (C=O) groups is 1. The van der Waals surface area contributed by atoms with E-state index in [9.17, 15) is 4.79 Å². The monoisotopic (exact) mass is 399 g/mol. The molecule has 0 aliphatic carbocycles. The zero-order chi connectivity index (χ0) is 19.9. The van der Waals surface area contributed by atoms with Gasteiger partial charge >= 0.3 is 0 Å². The van der Waals surface area contributed by atoms with Gasteiger partial charge in [-0.3, -0.25) is 9.78 Å². The van der Waals surface area contributed by atoms with Crippen molar-refractivity contribution in [2.75, 3.05) is 0 Å². The van der Waals surface area contributed by atoms with E-state index in [1.807, 2.05) is 53.9 Å². The molecule has 4 aromatic rings. The summed E-state index contributed by atoms with van der Waals surface area (Å²) in [5.74, 6) is 0.0458. The fourth-order valence-electron chi connectivity index (χ4n) is 3.28. The molecule has 0 spiro atoms. The molecule has 0 unspecified atom stereocenters. The first kappa shape index (κ1) is 19.0. The minimum Gasteiger partial charge on any atom is -0.350 e. The first-order valence-electron chi connectivity index (χ1n) is 9.51. The van der Waals surface area contributed by atoms with Gasteiger partial charge in [-0.05, 0) is 23.3 Å². The Bertz CT molecular complexity index is 1010. The van der Waals surface area contributed by atoms with Crippen molar-refractivity contribution in [2.24, 2.45) is 0 Å². The average molecular weight is 400 g/mol. The number of hydrogen-bond donors (Lipinski definition) is 1. The van der Waals surface area contributed by atoms with Gasteiger partial charge in [0.15, 0.2) is 0 Å². The van der Waals surface area contributed by atoms with E-state index in [0.29, 0.717) is 13.0 Å². The van der Waals surface area contributed by atoms with E-state index in [1.54, 1.807) is 23.7 Å². The van der Waals surface area contributed by atoms with Crippen LogP contribution in [0.3, 0.4) is 0 Å². The van der Waals surface area contributed by atoms with Crippen LogP contribution in [0.15, 0.2) is 90.6 Å². The van der Waals surface area contributed by atoms with Crippen LogP contribution in [0.5, 0.6) is 0 Å². The number of amides is 1. The highest BCUT2D eigenvalue weighted by Crippen LogP contribution is 2.28. The van der Waals surface area contributed by atoms with Gasteiger partial charge in [-0.2, -0.15) is 0 Å². The predicted octanol–water partition coefficient (Wildman–Crippen LogP) is 5.04. The fraction of sp³-hybridized carbons (Fsp3) is 0.125. The quantitative estimate of drug-likeness (QED) is 0.473. The number of thiazole rings is 1. The normalized spacial score (nSPS) is 10.8. The first-order valence-corrected chi connectivity index (χ1v) is 10.4. The van der Waals surface area contributed by atoms with Gasteiger partial charge < -0.3 is 5.32 Å². The van der Waals surface area contributed by atoms with E-state index in [2.05, 4.69) is 39.6 Å². The van der Waals surface area contributed by atoms with Gasteiger partial charge in [-0.15, -0.1) is 11.3 Å². The summed E-state index contributed by atoms with van der Waals surface area (Å²) in [5.41, 5.74) is 4.22. The van der Waals surface area contributed by atoms with Crippen LogP contribution in [0.25, 0.3) is 11.3 Å². The van der Waals surface area contributed by atoms with Crippen molar-refractivity contribution in [3.63, 3.8) is 0 Å². The van der Waals surface area contributed by atoms with Gasteiger partial charge in [0.25, 0.3) is 0 Å². The summed E-state index contributed by atoms with van der Waals surface area (Å²) in [6, 6.07) is 24.2. The molecule has 2 aromatic carbocycles. The molecule has 0 atom stereocenters. The summed E-state index contributed by atoms with van der Waals surface area (Å²) in [5, 5.41) is 5.93. The summed E-state index contributed by atoms with van der Waals surface area (Å²) < 4.78 is 0. The van der Waals surface area contributed by atoms with Crippen LogP contribution in [0.4, 0.5) is 0 Å². The highest BCUT2D eigenvalue weighted by Gasteiger charge is 2.18. The van der Waals surface area contributed by atoms with Crippen LogP contribution in [0.2, 0.25) is 0 Å². The topological polar surface area (TPSA) is 54.9 Å². The average Bonchev–Trinajstić information content (AvgIpc) is 3.27.